The predicted octanol–water partition coefficient (Wildman–Crippen LogP) is 4.25. The molecule has 0 spiro atoms. The van der Waals surface area contributed by atoms with E-state index in [1.165, 1.54) is 31.2 Å². The quantitative estimate of drug-likeness (QED) is 0.533. The van der Waals surface area contributed by atoms with Crippen LogP contribution in [0.3, 0.4) is 0 Å². The minimum Gasteiger partial charge on any atom is -0.369 e. The van der Waals surface area contributed by atoms with Crippen LogP contribution in [0.15, 0.2) is 65.6 Å². The molecule has 0 bridgehead atoms. The Morgan fingerprint density at radius 1 is 0.886 bits per heavy atom. The molecule has 2 N–H and O–H groups in total. The lowest BCUT2D eigenvalue weighted by Gasteiger charge is -2.34. The molecule has 7 nitrogen and oxygen atoms in total. The van der Waals surface area contributed by atoms with E-state index in [1.54, 1.807) is 12.1 Å². The molecule has 9 heteroatoms. The molecule has 0 aromatic heterocycles. The Hall–Kier alpha value is -3.43. The second-order valence-electron chi connectivity index (χ2n) is 8.84. The van der Waals surface area contributed by atoms with Gasteiger partial charge in [0.15, 0.2) is 0 Å². The molecule has 184 valence electrons. The molecule has 1 amide bonds. The van der Waals surface area contributed by atoms with Gasteiger partial charge in [-0.1, -0.05) is 0 Å². The fraction of sp³-hybridized carbons (Fsp3) is 0.269. The fourth-order valence-electron chi connectivity index (χ4n) is 3.93. The predicted molar refractivity (Wildman–Crippen MR) is 137 cm³/mol. The van der Waals surface area contributed by atoms with E-state index in [-0.39, 0.29) is 16.4 Å². The maximum absolute atomic E-state index is 13.5. The van der Waals surface area contributed by atoms with Crippen molar-refractivity contribution in [2.45, 2.75) is 18.7 Å². The monoisotopic (exact) mass is 496 g/mol. The van der Waals surface area contributed by atoms with Crippen LogP contribution in [0.25, 0.3) is 0 Å². The van der Waals surface area contributed by atoms with E-state index in [4.69, 9.17) is 0 Å². The summed E-state index contributed by atoms with van der Waals surface area (Å²) >= 11 is 0. The van der Waals surface area contributed by atoms with E-state index in [0.717, 1.165) is 49.2 Å². The van der Waals surface area contributed by atoms with Crippen molar-refractivity contribution in [3.63, 3.8) is 0 Å². The Morgan fingerprint density at radius 3 is 2.20 bits per heavy atom. The number of nitrogens with zero attached hydrogens (tertiary/aromatic N) is 2. The molecule has 3 aromatic carbocycles. The van der Waals surface area contributed by atoms with E-state index in [2.05, 4.69) is 33.0 Å². The summed E-state index contributed by atoms with van der Waals surface area (Å²) in [7, 11) is -1.76. The summed E-state index contributed by atoms with van der Waals surface area (Å²) in [6.07, 6.45) is 0. The average Bonchev–Trinajstić information content (AvgIpc) is 2.82. The summed E-state index contributed by atoms with van der Waals surface area (Å²) in [5, 5.41) is 2.93. The van der Waals surface area contributed by atoms with Gasteiger partial charge in [-0.15, -0.1) is 0 Å². The molecule has 1 aliphatic rings. The number of aryl methyl sites for hydroxylation is 2. The maximum Gasteiger partial charge on any atom is 0.261 e. The van der Waals surface area contributed by atoms with Gasteiger partial charge in [-0.3, -0.25) is 9.52 Å². The van der Waals surface area contributed by atoms with Crippen LogP contribution < -0.4 is 14.9 Å². The van der Waals surface area contributed by atoms with Crippen LogP contribution in [-0.2, 0) is 10.0 Å². The smallest absolute Gasteiger partial charge is 0.261 e. The minimum absolute atomic E-state index is 0.0336. The van der Waals surface area contributed by atoms with Gasteiger partial charge in [0.2, 0.25) is 0 Å². The van der Waals surface area contributed by atoms with Crippen LogP contribution in [0.2, 0.25) is 0 Å². The van der Waals surface area contributed by atoms with Crippen LogP contribution in [0.4, 0.5) is 21.5 Å². The van der Waals surface area contributed by atoms with Crippen molar-refractivity contribution in [3.8, 4) is 0 Å². The summed E-state index contributed by atoms with van der Waals surface area (Å²) in [6, 6.07) is 15.8. The Balaban J connectivity index is 1.41. The van der Waals surface area contributed by atoms with Crippen molar-refractivity contribution in [2.75, 3.05) is 48.2 Å². The normalized spacial score (nSPS) is 14.6. The van der Waals surface area contributed by atoms with Gasteiger partial charge in [0.05, 0.1) is 4.90 Å². The van der Waals surface area contributed by atoms with Crippen molar-refractivity contribution in [3.05, 3.63) is 83.2 Å². The number of nitrogens with one attached hydrogen (secondary N) is 2. The van der Waals surface area contributed by atoms with E-state index >= 15 is 0 Å². The van der Waals surface area contributed by atoms with Gasteiger partial charge in [-0.05, 0) is 92.7 Å². The number of likely N-dealkylation sites (N-methyl/N-ethyl adjacent to an activating group) is 1. The van der Waals surface area contributed by atoms with Gasteiger partial charge in [-0.25, -0.2) is 12.8 Å². The number of benzene rings is 3. The molecule has 0 unspecified atom stereocenters. The molecule has 1 fully saturated rings. The third-order valence-electron chi connectivity index (χ3n) is 6.17. The minimum atomic E-state index is -3.88. The lowest BCUT2D eigenvalue weighted by Crippen LogP contribution is -2.44. The van der Waals surface area contributed by atoms with Crippen molar-refractivity contribution >= 4 is 33.0 Å². The summed E-state index contributed by atoms with van der Waals surface area (Å²) in [6.45, 7) is 7.45. The molecule has 1 heterocycles. The standard InChI is InChI=1S/C26H29FN4O3S/c1-18-17-23(9-10-24(18)27)35(33,34)29-21-6-4-20(5-7-21)26(32)28-25-11-8-22(16-19(25)2)31-14-12-30(3)13-15-31/h4-11,16-17,29H,12-15H2,1-3H3,(H,28,32). The first kappa shape index (κ1) is 24.7. The first-order valence-electron chi connectivity index (χ1n) is 11.4. The van der Waals surface area contributed by atoms with Crippen molar-refractivity contribution in [1.82, 2.24) is 4.90 Å². The second kappa shape index (κ2) is 10.1. The molecule has 3 aromatic rings. The number of carbonyl (C=O) groups excluding carboxylic acids is 1. The van der Waals surface area contributed by atoms with E-state index in [1.807, 2.05) is 19.1 Å². The molecule has 1 aliphatic heterocycles. The summed E-state index contributed by atoms with van der Waals surface area (Å²) in [5.74, 6) is -0.757. The zero-order valence-corrected chi connectivity index (χ0v) is 20.8. The first-order chi connectivity index (χ1) is 16.6. The highest BCUT2D eigenvalue weighted by molar-refractivity contribution is 7.92. The number of carbonyl (C=O) groups is 1. The van der Waals surface area contributed by atoms with Gasteiger partial charge < -0.3 is 15.1 Å². The number of hydrogen-bond donors (Lipinski definition) is 2. The number of rotatable bonds is 6. The molecular formula is C26H29FN4O3S. The SMILES string of the molecule is Cc1cc(S(=O)(=O)Nc2ccc(C(=O)Nc3ccc(N4CCN(C)CC4)cc3C)cc2)ccc1F. The molecular weight excluding hydrogens is 467 g/mol. The molecule has 0 saturated carbocycles. The summed E-state index contributed by atoms with van der Waals surface area (Å²) in [5.41, 5.74) is 3.77. The third kappa shape index (κ3) is 5.80. The molecule has 0 atom stereocenters. The number of halogens is 1. The molecule has 35 heavy (non-hydrogen) atoms. The van der Waals surface area contributed by atoms with Crippen LogP contribution >= 0.6 is 0 Å². The highest BCUT2D eigenvalue weighted by Crippen LogP contribution is 2.25. The molecule has 1 saturated heterocycles. The van der Waals surface area contributed by atoms with Gasteiger partial charge in [0.25, 0.3) is 15.9 Å². The Bertz CT molecular complexity index is 1340. The lowest BCUT2D eigenvalue weighted by atomic mass is 10.1. The third-order valence-corrected chi connectivity index (χ3v) is 7.54. The fourth-order valence-corrected chi connectivity index (χ4v) is 5.08. The Morgan fingerprint density at radius 2 is 1.57 bits per heavy atom. The van der Waals surface area contributed by atoms with Gasteiger partial charge in [0.1, 0.15) is 5.82 Å². The largest absolute Gasteiger partial charge is 0.369 e. The number of anilines is 3. The van der Waals surface area contributed by atoms with Crippen LogP contribution in [0, 0.1) is 19.7 Å². The summed E-state index contributed by atoms with van der Waals surface area (Å²) < 4.78 is 41.1. The lowest BCUT2D eigenvalue weighted by molar-refractivity contribution is 0.102. The number of piperazine rings is 1. The van der Waals surface area contributed by atoms with Gasteiger partial charge in [-0.2, -0.15) is 0 Å². The van der Waals surface area contributed by atoms with Crippen LogP contribution in [0.5, 0.6) is 0 Å². The van der Waals surface area contributed by atoms with Crippen LogP contribution in [-0.4, -0.2) is 52.5 Å². The zero-order chi connectivity index (χ0) is 25.2. The first-order valence-corrected chi connectivity index (χ1v) is 12.9. The van der Waals surface area contributed by atoms with Gasteiger partial charge >= 0.3 is 0 Å². The number of amides is 1. The topological polar surface area (TPSA) is 81.7 Å². The Kier molecular flexibility index (Phi) is 7.09. The van der Waals surface area contributed by atoms with Crippen molar-refractivity contribution < 1.29 is 17.6 Å². The van der Waals surface area contributed by atoms with E-state index in [0.29, 0.717) is 11.3 Å². The van der Waals surface area contributed by atoms with Crippen molar-refractivity contribution in [2.24, 2.45) is 0 Å². The van der Waals surface area contributed by atoms with E-state index in [9.17, 15) is 17.6 Å². The average molecular weight is 497 g/mol. The maximum atomic E-state index is 13.5. The molecule has 4 rings (SSSR count). The number of sulfonamides is 1. The van der Waals surface area contributed by atoms with E-state index < -0.39 is 15.8 Å². The Labute approximate surface area is 205 Å². The van der Waals surface area contributed by atoms with Crippen molar-refractivity contribution in [1.29, 1.82) is 0 Å². The van der Waals surface area contributed by atoms with Crippen LogP contribution in [0.1, 0.15) is 21.5 Å². The second-order valence-corrected chi connectivity index (χ2v) is 10.5. The highest BCUT2D eigenvalue weighted by Gasteiger charge is 2.17. The zero-order valence-electron chi connectivity index (χ0n) is 20.0. The molecule has 0 radical (unpaired) electrons. The molecule has 0 aliphatic carbocycles. The summed E-state index contributed by atoms with van der Waals surface area (Å²) in [4.78, 5) is 17.4. The highest BCUT2D eigenvalue weighted by atomic mass is 32.2. The number of hydrogen-bond acceptors (Lipinski definition) is 5. The van der Waals surface area contributed by atoms with Gasteiger partial charge in [0, 0.05) is 48.8 Å².